The molecule has 0 aliphatic carbocycles. The molecule has 1 heterocycles. The first-order chi connectivity index (χ1) is 8.38. The van der Waals surface area contributed by atoms with E-state index in [4.69, 9.17) is 0 Å². The minimum atomic E-state index is 0.0155. The fourth-order valence-corrected chi connectivity index (χ4v) is 3.28. The zero-order valence-electron chi connectivity index (χ0n) is 12.6. The Morgan fingerprint density at radius 2 is 1.89 bits per heavy atom. The van der Waals surface area contributed by atoms with Gasteiger partial charge in [0.25, 0.3) is 0 Å². The Kier molecular flexibility index (Phi) is 5.99. The summed E-state index contributed by atoms with van der Waals surface area (Å²) in [6, 6.07) is 0.325. The van der Waals surface area contributed by atoms with Gasteiger partial charge in [0.1, 0.15) is 0 Å². The molecule has 0 aromatic rings. The molecular formula is C14H28N2OS. The van der Waals surface area contributed by atoms with Gasteiger partial charge < -0.3 is 4.90 Å². The van der Waals surface area contributed by atoms with Gasteiger partial charge in [-0.2, -0.15) is 11.8 Å². The zero-order valence-corrected chi connectivity index (χ0v) is 13.4. The van der Waals surface area contributed by atoms with Gasteiger partial charge in [0.15, 0.2) is 0 Å². The van der Waals surface area contributed by atoms with Crippen LogP contribution in [0.3, 0.4) is 0 Å². The van der Waals surface area contributed by atoms with Gasteiger partial charge >= 0.3 is 0 Å². The minimum Gasteiger partial charge on any atom is -0.322 e. The third kappa shape index (κ3) is 3.64. The van der Waals surface area contributed by atoms with Crippen LogP contribution in [0, 0.1) is 11.8 Å². The van der Waals surface area contributed by atoms with Gasteiger partial charge in [0.05, 0.1) is 12.2 Å². The lowest BCUT2D eigenvalue weighted by Gasteiger charge is -2.32. The minimum absolute atomic E-state index is 0.0155. The average Bonchev–Trinajstić information content (AvgIpc) is 2.56. The summed E-state index contributed by atoms with van der Waals surface area (Å²) in [4.78, 5) is 14.6. The molecular weight excluding hydrogens is 244 g/mol. The van der Waals surface area contributed by atoms with Crippen LogP contribution in [0.25, 0.3) is 0 Å². The van der Waals surface area contributed by atoms with Crippen LogP contribution in [0.1, 0.15) is 41.0 Å². The number of carbonyl (C=O) groups is 1. The van der Waals surface area contributed by atoms with Gasteiger partial charge in [-0.3, -0.25) is 10.1 Å². The highest BCUT2D eigenvalue weighted by Crippen LogP contribution is 2.24. The maximum absolute atomic E-state index is 12.5. The molecule has 1 rings (SSSR count). The molecule has 3 unspecified atom stereocenters. The van der Waals surface area contributed by atoms with Crippen LogP contribution < -0.4 is 5.32 Å². The molecule has 0 saturated carbocycles. The monoisotopic (exact) mass is 272 g/mol. The van der Waals surface area contributed by atoms with Crippen LogP contribution in [0.15, 0.2) is 0 Å². The first-order valence-corrected chi connectivity index (χ1v) is 8.35. The third-order valence-corrected chi connectivity index (χ3v) is 4.26. The molecule has 3 atom stereocenters. The van der Waals surface area contributed by atoms with Gasteiger partial charge in [0.2, 0.25) is 5.91 Å². The number of carbonyl (C=O) groups excluding carboxylic acids is 1. The molecule has 18 heavy (non-hydrogen) atoms. The van der Waals surface area contributed by atoms with E-state index in [1.165, 1.54) is 0 Å². The van der Waals surface area contributed by atoms with Gasteiger partial charge in [-0.1, -0.05) is 27.7 Å². The summed E-state index contributed by atoms with van der Waals surface area (Å²) in [5.74, 6) is 2.31. The van der Waals surface area contributed by atoms with E-state index in [2.05, 4.69) is 51.1 Å². The van der Waals surface area contributed by atoms with E-state index in [0.29, 0.717) is 23.8 Å². The summed E-state index contributed by atoms with van der Waals surface area (Å²) < 4.78 is 0. The van der Waals surface area contributed by atoms with Crippen molar-refractivity contribution in [2.45, 2.75) is 59.3 Å². The van der Waals surface area contributed by atoms with E-state index >= 15 is 0 Å². The van der Waals surface area contributed by atoms with Gasteiger partial charge in [-0.15, -0.1) is 0 Å². The molecule has 4 heteroatoms. The van der Waals surface area contributed by atoms with Crippen LogP contribution in [0.5, 0.6) is 0 Å². The summed E-state index contributed by atoms with van der Waals surface area (Å²) in [5, 5.41) is 3.53. The Hall–Kier alpha value is -0.220. The average molecular weight is 272 g/mol. The van der Waals surface area contributed by atoms with Crippen molar-refractivity contribution in [2.24, 2.45) is 11.8 Å². The van der Waals surface area contributed by atoms with E-state index in [1.54, 1.807) is 11.8 Å². The zero-order chi connectivity index (χ0) is 13.9. The van der Waals surface area contributed by atoms with Crippen molar-refractivity contribution in [3.05, 3.63) is 0 Å². The Labute approximate surface area is 116 Å². The fourth-order valence-electron chi connectivity index (χ4n) is 2.64. The summed E-state index contributed by atoms with van der Waals surface area (Å²) in [6.45, 7) is 10.9. The van der Waals surface area contributed by atoms with E-state index in [9.17, 15) is 4.79 Å². The highest BCUT2D eigenvalue weighted by molar-refractivity contribution is 7.98. The summed E-state index contributed by atoms with van der Waals surface area (Å²) >= 11 is 1.81. The lowest BCUT2D eigenvalue weighted by atomic mass is 10.0. The second-order valence-corrected chi connectivity index (χ2v) is 7.00. The maximum Gasteiger partial charge on any atom is 0.241 e. The highest BCUT2D eigenvalue weighted by atomic mass is 32.2. The Morgan fingerprint density at radius 3 is 2.33 bits per heavy atom. The van der Waals surface area contributed by atoms with Crippen LogP contribution in [-0.2, 0) is 4.79 Å². The van der Waals surface area contributed by atoms with Crippen molar-refractivity contribution in [2.75, 3.05) is 12.0 Å². The lowest BCUT2D eigenvalue weighted by Crippen LogP contribution is -2.47. The number of nitrogens with one attached hydrogen (secondary N) is 1. The normalized spacial score (nSPS) is 26.4. The second kappa shape index (κ2) is 6.80. The van der Waals surface area contributed by atoms with Crippen LogP contribution in [-0.4, -0.2) is 41.1 Å². The standard InChI is InChI=1S/C14H28N2OS/c1-9(2)7-12-14(17)16(11(5)8-18-6)13(15-12)10(3)4/h9-13,15H,7-8H2,1-6H3. The fraction of sp³-hybridized carbons (Fsp3) is 0.929. The Balaban J connectivity index is 2.80. The molecule has 106 valence electrons. The number of amides is 1. The van der Waals surface area contributed by atoms with Crippen LogP contribution in [0.2, 0.25) is 0 Å². The topological polar surface area (TPSA) is 32.3 Å². The molecule has 0 aromatic heterocycles. The van der Waals surface area contributed by atoms with Crippen molar-refractivity contribution in [1.29, 1.82) is 0 Å². The molecule has 1 N–H and O–H groups in total. The molecule has 0 aromatic carbocycles. The van der Waals surface area contributed by atoms with Crippen molar-refractivity contribution in [3.8, 4) is 0 Å². The number of hydrogen-bond donors (Lipinski definition) is 1. The summed E-state index contributed by atoms with van der Waals surface area (Å²) in [7, 11) is 0. The van der Waals surface area contributed by atoms with Gasteiger partial charge in [-0.25, -0.2) is 0 Å². The highest BCUT2D eigenvalue weighted by Gasteiger charge is 2.42. The number of thioether (sulfide) groups is 1. The lowest BCUT2D eigenvalue weighted by molar-refractivity contribution is -0.132. The molecule has 1 aliphatic heterocycles. The molecule has 0 bridgehead atoms. The molecule has 1 fully saturated rings. The molecule has 0 radical (unpaired) electrons. The SMILES string of the molecule is CSCC(C)N1C(=O)C(CC(C)C)NC1C(C)C. The Morgan fingerprint density at radius 1 is 1.28 bits per heavy atom. The predicted molar refractivity (Wildman–Crippen MR) is 79.7 cm³/mol. The first kappa shape index (κ1) is 15.8. The van der Waals surface area contributed by atoms with Gasteiger partial charge in [0, 0.05) is 11.8 Å². The third-order valence-electron chi connectivity index (χ3n) is 3.45. The largest absolute Gasteiger partial charge is 0.322 e. The molecule has 1 saturated heterocycles. The molecule has 1 amide bonds. The van der Waals surface area contributed by atoms with Crippen LogP contribution in [0.4, 0.5) is 0 Å². The smallest absolute Gasteiger partial charge is 0.241 e. The van der Waals surface area contributed by atoms with Gasteiger partial charge in [-0.05, 0) is 31.4 Å². The molecule has 3 nitrogen and oxygen atoms in total. The molecule has 1 aliphatic rings. The van der Waals surface area contributed by atoms with E-state index in [1.807, 2.05) is 0 Å². The number of nitrogens with zero attached hydrogens (tertiary/aromatic N) is 1. The van der Waals surface area contributed by atoms with Crippen molar-refractivity contribution < 1.29 is 4.79 Å². The van der Waals surface area contributed by atoms with Crippen molar-refractivity contribution >= 4 is 17.7 Å². The summed E-state index contributed by atoms with van der Waals surface area (Å²) in [5.41, 5.74) is 0. The quantitative estimate of drug-likeness (QED) is 0.806. The van der Waals surface area contributed by atoms with Crippen LogP contribution >= 0.6 is 11.8 Å². The number of rotatable bonds is 6. The maximum atomic E-state index is 12.5. The van der Waals surface area contributed by atoms with E-state index < -0.39 is 0 Å². The summed E-state index contributed by atoms with van der Waals surface area (Å²) in [6.07, 6.45) is 3.23. The van der Waals surface area contributed by atoms with E-state index in [-0.39, 0.29) is 12.2 Å². The van der Waals surface area contributed by atoms with Crippen molar-refractivity contribution in [3.63, 3.8) is 0 Å². The van der Waals surface area contributed by atoms with Crippen molar-refractivity contribution in [1.82, 2.24) is 10.2 Å². The predicted octanol–water partition coefficient (Wildman–Crippen LogP) is 2.57. The second-order valence-electron chi connectivity index (χ2n) is 6.09. The number of hydrogen-bond acceptors (Lipinski definition) is 3. The first-order valence-electron chi connectivity index (χ1n) is 6.95. The Bertz CT molecular complexity index is 281. The van der Waals surface area contributed by atoms with E-state index in [0.717, 1.165) is 12.2 Å². The molecule has 0 spiro atoms.